The number of nitrogens with zero attached hydrogens (tertiary/aromatic N) is 2. The van der Waals surface area contributed by atoms with Crippen molar-refractivity contribution in [3.05, 3.63) is 52.1 Å². The fraction of sp³-hybridized carbons (Fsp3) is 0.304. The zero-order chi connectivity index (χ0) is 23.5. The zero-order valence-corrected chi connectivity index (χ0v) is 19.8. The second-order valence-corrected chi connectivity index (χ2v) is 8.47. The van der Waals surface area contributed by atoms with E-state index in [0.29, 0.717) is 45.5 Å². The number of carbonyl (C=O) groups excluding carboxylic acids is 2. The SMILES string of the molecule is COC(=O)c1[nH]c2cccc(OC)c2c1NC(=O)CN1CCN(c2ccc(Cl)c(Cl)c2)CC1. The number of H-pyrrole nitrogens is 1. The predicted molar refractivity (Wildman–Crippen MR) is 130 cm³/mol. The molecule has 10 heteroatoms. The van der Waals surface area contributed by atoms with Crippen LogP contribution < -0.4 is 15.0 Å². The molecule has 8 nitrogen and oxygen atoms in total. The molecule has 33 heavy (non-hydrogen) atoms. The Morgan fingerprint density at radius 1 is 1.06 bits per heavy atom. The van der Waals surface area contributed by atoms with E-state index in [1.54, 1.807) is 25.3 Å². The molecule has 1 aromatic heterocycles. The average Bonchev–Trinajstić information content (AvgIpc) is 3.19. The number of carbonyl (C=O) groups is 2. The Bertz CT molecular complexity index is 1190. The summed E-state index contributed by atoms with van der Waals surface area (Å²) in [5.41, 5.74) is 2.20. The molecule has 0 radical (unpaired) electrons. The molecule has 0 saturated carbocycles. The fourth-order valence-electron chi connectivity index (χ4n) is 3.99. The minimum atomic E-state index is -0.571. The molecule has 1 amide bonds. The van der Waals surface area contributed by atoms with Crippen LogP contribution in [0.1, 0.15) is 10.5 Å². The third-order valence-corrected chi connectivity index (χ3v) is 6.41. The Morgan fingerprint density at radius 3 is 2.48 bits per heavy atom. The van der Waals surface area contributed by atoms with Crippen molar-refractivity contribution in [1.29, 1.82) is 0 Å². The molecule has 2 N–H and O–H groups in total. The van der Waals surface area contributed by atoms with Crippen molar-refractivity contribution in [3.8, 4) is 5.75 Å². The van der Waals surface area contributed by atoms with E-state index in [9.17, 15) is 9.59 Å². The quantitative estimate of drug-likeness (QED) is 0.507. The van der Waals surface area contributed by atoms with Crippen molar-refractivity contribution < 1.29 is 19.1 Å². The zero-order valence-electron chi connectivity index (χ0n) is 18.3. The van der Waals surface area contributed by atoms with Crippen LogP contribution in [0.3, 0.4) is 0 Å². The normalized spacial score (nSPS) is 14.4. The largest absolute Gasteiger partial charge is 0.496 e. The molecule has 1 fully saturated rings. The maximum atomic E-state index is 12.9. The molecule has 0 spiro atoms. The van der Waals surface area contributed by atoms with Crippen LogP contribution >= 0.6 is 23.2 Å². The number of benzene rings is 2. The second-order valence-electron chi connectivity index (χ2n) is 7.66. The van der Waals surface area contributed by atoms with Gasteiger partial charge in [0.25, 0.3) is 0 Å². The van der Waals surface area contributed by atoms with Crippen LogP contribution in [0, 0.1) is 0 Å². The summed E-state index contributed by atoms with van der Waals surface area (Å²) in [5.74, 6) is -0.252. The molecule has 0 atom stereocenters. The first kappa shape index (κ1) is 23.2. The number of piperazine rings is 1. The summed E-state index contributed by atoms with van der Waals surface area (Å²) in [7, 11) is 2.84. The van der Waals surface area contributed by atoms with Crippen LogP contribution in [0.5, 0.6) is 5.75 Å². The van der Waals surface area contributed by atoms with Crippen LogP contribution in [0.15, 0.2) is 36.4 Å². The van der Waals surface area contributed by atoms with E-state index in [2.05, 4.69) is 20.1 Å². The number of halogens is 2. The Morgan fingerprint density at radius 2 is 1.82 bits per heavy atom. The molecule has 1 aliphatic heterocycles. The number of amides is 1. The summed E-state index contributed by atoms with van der Waals surface area (Å²) in [6, 6.07) is 11.0. The number of fused-ring (bicyclic) bond motifs is 1. The van der Waals surface area contributed by atoms with Crippen molar-refractivity contribution in [1.82, 2.24) is 9.88 Å². The third kappa shape index (κ3) is 4.88. The highest BCUT2D eigenvalue weighted by Crippen LogP contribution is 2.35. The first-order valence-electron chi connectivity index (χ1n) is 10.4. The van der Waals surface area contributed by atoms with E-state index in [1.165, 1.54) is 7.11 Å². The maximum Gasteiger partial charge on any atom is 0.356 e. The minimum absolute atomic E-state index is 0.176. The Labute approximate surface area is 201 Å². The topological polar surface area (TPSA) is 86.9 Å². The van der Waals surface area contributed by atoms with Crippen molar-refractivity contribution in [2.75, 3.05) is 57.2 Å². The average molecular weight is 491 g/mol. The summed E-state index contributed by atoms with van der Waals surface area (Å²) in [5, 5.41) is 4.56. The minimum Gasteiger partial charge on any atom is -0.496 e. The molecule has 2 heterocycles. The van der Waals surface area contributed by atoms with Gasteiger partial charge in [0.05, 0.1) is 47.4 Å². The number of aromatic amines is 1. The van der Waals surface area contributed by atoms with Crippen molar-refractivity contribution >= 4 is 57.4 Å². The molecular formula is C23H24Cl2N4O4. The van der Waals surface area contributed by atoms with Gasteiger partial charge >= 0.3 is 5.97 Å². The van der Waals surface area contributed by atoms with Crippen LogP contribution in [-0.2, 0) is 9.53 Å². The summed E-state index contributed by atoms with van der Waals surface area (Å²) in [6.45, 7) is 3.10. The van der Waals surface area contributed by atoms with Gasteiger partial charge in [-0.15, -0.1) is 0 Å². The lowest BCUT2D eigenvalue weighted by atomic mass is 10.2. The molecule has 4 rings (SSSR count). The highest BCUT2D eigenvalue weighted by Gasteiger charge is 2.25. The van der Waals surface area contributed by atoms with Gasteiger partial charge in [-0.05, 0) is 30.3 Å². The van der Waals surface area contributed by atoms with Crippen molar-refractivity contribution in [3.63, 3.8) is 0 Å². The van der Waals surface area contributed by atoms with Crippen molar-refractivity contribution in [2.24, 2.45) is 0 Å². The number of rotatable bonds is 6. The summed E-state index contributed by atoms with van der Waals surface area (Å²) in [4.78, 5) is 32.5. The first-order chi connectivity index (χ1) is 15.9. The number of ether oxygens (including phenoxy) is 2. The number of esters is 1. The van der Waals surface area contributed by atoms with Gasteiger partial charge < -0.3 is 24.7 Å². The van der Waals surface area contributed by atoms with Crippen LogP contribution in [0.25, 0.3) is 10.9 Å². The number of nitrogens with one attached hydrogen (secondary N) is 2. The van der Waals surface area contributed by atoms with E-state index >= 15 is 0 Å². The fourth-order valence-corrected chi connectivity index (χ4v) is 4.29. The summed E-state index contributed by atoms with van der Waals surface area (Å²) < 4.78 is 10.3. The number of anilines is 2. The highest BCUT2D eigenvalue weighted by atomic mass is 35.5. The maximum absolute atomic E-state index is 12.9. The molecule has 0 aliphatic carbocycles. The van der Waals surface area contributed by atoms with Crippen molar-refractivity contribution in [2.45, 2.75) is 0 Å². The molecule has 0 unspecified atom stereocenters. The van der Waals surface area contributed by atoms with Gasteiger partial charge in [0.1, 0.15) is 11.4 Å². The van der Waals surface area contributed by atoms with E-state index < -0.39 is 5.97 Å². The molecule has 0 bridgehead atoms. The lowest BCUT2D eigenvalue weighted by molar-refractivity contribution is -0.117. The van der Waals surface area contributed by atoms with E-state index in [4.69, 9.17) is 32.7 Å². The number of aromatic nitrogens is 1. The molecule has 1 aliphatic rings. The van der Waals surface area contributed by atoms with Gasteiger partial charge in [-0.1, -0.05) is 29.3 Å². The second kappa shape index (κ2) is 9.91. The molecule has 3 aromatic rings. The number of hydrogen-bond donors (Lipinski definition) is 2. The van der Waals surface area contributed by atoms with E-state index in [0.717, 1.165) is 18.8 Å². The molecular weight excluding hydrogens is 467 g/mol. The monoisotopic (exact) mass is 490 g/mol. The first-order valence-corrected chi connectivity index (χ1v) is 11.2. The van der Waals surface area contributed by atoms with Gasteiger partial charge in [-0.25, -0.2) is 4.79 Å². The molecule has 2 aromatic carbocycles. The smallest absolute Gasteiger partial charge is 0.356 e. The summed E-state index contributed by atoms with van der Waals surface area (Å²) in [6.07, 6.45) is 0. The van der Waals surface area contributed by atoms with E-state index in [-0.39, 0.29) is 18.1 Å². The Balaban J connectivity index is 1.45. The van der Waals surface area contributed by atoms with E-state index in [1.807, 2.05) is 18.2 Å². The lowest BCUT2D eigenvalue weighted by Gasteiger charge is -2.35. The van der Waals surface area contributed by atoms with Gasteiger partial charge in [0.15, 0.2) is 0 Å². The third-order valence-electron chi connectivity index (χ3n) is 5.67. The Kier molecular flexibility index (Phi) is 6.97. The van der Waals surface area contributed by atoms with Crippen LogP contribution in [0.4, 0.5) is 11.4 Å². The number of hydrogen-bond acceptors (Lipinski definition) is 6. The standard InChI is InChI=1S/C23H24Cl2N4O4/c1-32-18-5-3-4-17-20(18)21(22(26-17)23(31)33-2)27-19(30)13-28-8-10-29(11-9-28)14-6-7-15(24)16(25)12-14/h3-7,12,26H,8-11,13H2,1-2H3,(H,27,30). The van der Waals surface area contributed by atoms with Crippen LogP contribution in [-0.4, -0.2) is 68.7 Å². The lowest BCUT2D eigenvalue weighted by Crippen LogP contribution is -2.48. The molecule has 1 saturated heterocycles. The van der Waals surface area contributed by atoms with Gasteiger partial charge in [0.2, 0.25) is 5.91 Å². The summed E-state index contributed by atoms with van der Waals surface area (Å²) >= 11 is 12.2. The molecule has 174 valence electrons. The highest BCUT2D eigenvalue weighted by molar-refractivity contribution is 6.42. The Hall–Kier alpha value is -2.94. The number of methoxy groups -OCH3 is 2. The van der Waals surface area contributed by atoms with Crippen LogP contribution in [0.2, 0.25) is 10.0 Å². The predicted octanol–water partition coefficient (Wildman–Crippen LogP) is 4.03. The van der Waals surface area contributed by atoms with Gasteiger partial charge in [-0.2, -0.15) is 0 Å². The van der Waals surface area contributed by atoms with Gasteiger partial charge in [0, 0.05) is 31.9 Å². The van der Waals surface area contributed by atoms with Gasteiger partial charge in [-0.3, -0.25) is 9.69 Å².